The standard InChI is InChI=1S/C17H21N3/c1-3-14-4-2-9-20-13-15(16(5-1)17(14)20)6-10-19-11-7-18-8-12-19/h1-5,13,18H,6-12H2. The van der Waals surface area contributed by atoms with Gasteiger partial charge in [-0.15, -0.1) is 0 Å². The summed E-state index contributed by atoms with van der Waals surface area (Å²) in [4.78, 5) is 2.57. The van der Waals surface area contributed by atoms with Crippen LogP contribution in [0, 0.1) is 0 Å². The summed E-state index contributed by atoms with van der Waals surface area (Å²) in [6.45, 7) is 6.84. The first-order valence-electron chi connectivity index (χ1n) is 7.62. The van der Waals surface area contributed by atoms with Gasteiger partial charge in [0.25, 0.3) is 0 Å². The van der Waals surface area contributed by atoms with Gasteiger partial charge in [-0.25, -0.2) is 0 Å². The molecule has 2 aliphatic heterocycles. The number of aromatic nitrogens is 1. The molecular formula is C17H21N3. The summed E-state index contributed by atoms with van der Waals surface area (Å²) >= 11 is 0. The van der Waals surface area contributed by atoms with Crippen molar-refractivity contribution in [2.75, 3.05) is 32.7 Å². The first-order valence-corrected chi connectivity index (χ1v) is 7.62. The Kier molecular flexibility index (Phi) is 3.09. The van der Waals surface area contributed by atoms with Gasteiger partial charge in [0.05, 0.1) is 5.52 Å². The topological polar surface area (TPSA) is 20.2 Å². The van der Waals surface area contributed by atoms with Gasteiger partial charge in [-0.3, -0.25) is 0 Å². The number of allylic oxidation sites excluding steroid dienone is 1. The second-order valence-electron chi connectivity index (χ2n) is 5.79. The molecule has 0 atom stereocenters. The molecule has 2 aliphatic rings. The fourth-order valence-electron chi connectivity index (χ4n) is 3.45. The van der Waals surface area contributed by atoms with Crippen LogP contribution in [0.3, 0.4) is 0 Å². The predicted molar refractivity (Wildman–Crippen MR) is 84.0 cm³/mol. The van der Waals surface area contributed by atoms with Crippen molar-refractivity contribution in [3.8, 4) is 0 Å². The van der Waals surface area contributed by atoms with Crippen LogP contribution in [0.5, 0.6) is 0 Å². The molecule has 1 aromatic carbocycles. The highest BCUT2D eigenvalue weighted by Gasteiger charge is 2.14. The highest BCUT2D eigenvalue weighted by Crippen LogP contribution is 2.28. The van der Waals surface area contributed by atoms with Crippen molar-refractivity contribution < 1.29 is 0 Å². The third-order valence-electron chi connectivity index (χ3n) is 4.52. The molecule has 0 unspecified atom stereocenters. The summed E-state index contributed by atoms with van der Waals surface area (Å²) in [7, 11) is 0. The van der Waals surface area contributed by atoms with Crippen molar-refractivity contribution in [3.05, 3.63) is 41.6 Å². The number of nitrogens with zero attached hydrogens (tertiary/aromatic N) is 2. The van der Waals surface area contributed by atoms with Gasteiger partial charge in [-0.05, 0) is 17.5 Å². The van der Waals surface area contributed by atoms with E-state index in [4.69, 9.17) is 0 Å². The fraction of sp³-hybridized carbons (Fsp3) is 0.412. The highest BCUT2D eigenvalue weighted by atomic mass is 15.2. The van der Waals surface area contributed by atoms with Gasteiger partial charge >= 0.3 is 0 Å². The zero-order valence-electron chi connectivity index (χ0n) is 11.8. The number of hydrogen-bond donors (Lipinski definition) is 1. The van der Waals surface area contributed by atoms with Crippen LogP contribution < -0.4 is 5.32 Å². The molecule has 1 saturated heterocycles. The lowest BCUT2D eigenvalue weighted by Crippen LogP contribution is -2.44. The van der Waals surface area contributed by atoms with Gasteiger partial charge in [0, 0.05) is 50.9 Å². The van der Waals surface area contributed by atoms with Crippen LogP contribution in [0.15, 0.2) is 30.5 Å². The van der Waals surface area contributed by atoms with Gasteiger partial charge < -0.3 is 14.8 Å². The van der Waals surface area contributed by atoms with E-state index in [0.29, 0.717) is 0 Å². The van der Waals surface area contributed by atoms with Crippen molar-refractivity contribution in [1.29, 1.82) is 0 Å². The van der Waals surface area contributed by atoms with Crippen LogP contribution in [0.4, 0.5) is 0 Å². The lowest BCUT2D eigenvalue weighted by molar-refractivity contribution is 0.244. The highest BCUT2D eigenvalue weighted by molar-refractivity contribution is 5.92. The predicted octanol–water partition coefficient (Wildman–Crippen LogP) is 2.12. The molecule has 0 spiro atoms. The molecule has 3 heteroatoms. The quantitative estimate of drug-likeness (QED) is 0.919. The number of benzene rings is 1. The van der Waals surface area contributed by atoms with Crippen molar-refractivity contribution in [2.45, 2.75) is 13.0 Å². The van der Waals surface area contributed by atoms with Gasteiger partial charge in [0.1, 0.15) is 0 Å². The number of para-hydroxylation sites is 1. The van der Waals surface area contributed by atoms with E-state index in [1.54, 1.807) is 0 Å². The number of rotatable bonds is 3. The SMILES string of the molecule is C1=Cc2cccc3c(CCN4CCNCC4)cn(c23)C1. The van der Waals surface area contributed by atoms with E-state index in [2.05, 4.69) is 51.3 Å². The summed E-state index contributed by atoms with van der Waals surface area (Å²) in [5.74, 6) is 0. The van der Waals surface area contributed by atoms with Crippen molar-refractivity contribution in [2.24, 2.45) is 0 Å². The Morgan fingerprint density at radius 3 is 2.95 bits per heavy atom. The Labute approximate surface area is 119 Å². The average molecular weight is 267 g/mol. The number of piperazine rings is 1. The summed E-state index contributed by atoms with van der Waals surface area (Å²) in [6.07, 6.45) is 8.02. The molecule has 104 valence electrons. The largest absolute Gasteiger partial charge is 0.343 e. The molecule has 0 saturated carbocycles. The minimum atomic E-state index is 1.02. The summed E-state index contributed by atoms with van der Waals surface area (Å²) < 4.78 is 2.40. The molecule has 20 heavy (non-hydrogen) atoms. The second-order valence-corrected chi connectivity index (χ2v) is 5.79. The van der Waals surface area contributed by atoms with Crippen LogP contribution in [0.25, 0.3) is 17.0 Å². The van der Waals surface area contributed by atoms with E-state index < -0.39 is 0 Å². The first-order chi connectivity index (χ1) is 9.92. The molecule has 0 amide bonds. The van der Waals surface area contributed by atoms with Crippen LogP contribution in [-0.4, -0.2) is 42.2 Å². The van der Waals surface area contributed by atoms with E-state index >= 15 is 0 Å². The molecule has 0 radical (unpaired) electrons. The molecule has 0 bridgehead atoms. The third-order valence-corrected chi connectivity index (χ3v) is 4.52. The summed E-state index contributed by atoms with van der Waals surface area (Å²) in [6, 6.07) is 6.68. The number of hydrogen-bond acceptors (Lipinski definition) is 2. The molecule has 1 N–H and O–H groups in total. The van der Waals surface area contributed by atoms with Gasteiger partial charge in [0.15, 0.2) is 0 Å². The maximum Gasteiger partial charge on any atom is 0.0559 e. The Bertz CT molecular complexity index is 648. The van der Waals surface area contributed by atoms with Crippen molar-refractivity contribution in [3.63, 3.8) is 0 Å². The maximum atomic E-state index is 3.42. The molecule has 0 aliphatic carbocycles. The normalized spacial score (nSPS) is 18.8. The van der Waals surface area contributed by atoms with Crippen molar-refractivity contribution >= 4 is 17.0 Å². The van der Waals surface area contributed by atoms with Gasteiger partial charge in [0.2, 0.25) is 0 Å². The molecule has 4 rings (SSSR count). The van der Waals surface area contributed by atoms with E-state index in [-0.39, 0.29) is 0 Å². The zero-order valence-corrected chi connectivity index (χ0v) is 11.8. The van der Waals surface area contributed by atoms with Crippen LogP contribution in [0.2, 0.25) is 0 Å². The van der Waals surface area contributed by atoms with E-state index in [1.807, 2.05) is 0 Å². The molecule has 3 nitrogen and oxygen atoms in total. The Balaban J connectivity index is 1.60. The maximum absolute atomic E-state index is 3.42. The zero-order chi connectivity index (χ0) is 13.4. The lowest BCUT2D eigenvalue weighted by atomic mass is 10.1. The Morgan fingerprint density at radius 1 is 1.15 bits per heavy atom. The molecule has 1 aromatic heterocycles. The monoisotopic (exact) mass is 267 g/mol. The first kappa shape index (κ1) is 12.2. The van der Waals surface area contributed by atoms with E-state index in [1.165, 1.54) is 41.7 Å². The minimum Gasteiger partial charge on any atom is -0.343 e. The Hall–Kier alpha value is -1.58. The summed E-state index contributed by atoms with van der Waals surface area (Å²) in [5, 5.41) is 4.86. The van der Waals surface area contributed by atoms with Gasteiger partial charge in [-0.2, -0.15) is 0 Å². The average Bonchev–Trinajstić information content (AvgIpc) is 2.87. The lowest BCUT2D eigenvalue weighted by Gasteiger charge is -2.26. The van der Waals surface area contributed by atoms with Crippen molar-refractivity contribution in [1.82, 2.24) is 14.8 Å². The van der Waals surface area contributed by atoms with Crippen LogP contribution >= 0.6 is 0 Å². The minimum absolute atomic E-state index is 1.02. The molecule has 1 fully saturated rings. The van der Waals surface area contributed by atoms with Gasteiger partial charge in [-0.1, -0.05) is 30.4 Å². The van der Waals surface area contributed by atoms with Crippen LogP contribution in [0.1, 0.15) is 11.1 Å². The van der Waals surface area contributed by atoms with E-state index in [9.17, 15) is 0 Å². The smallest absolute Gasteiger partial charge is 0.0559 e. The van der Waals surface area contributed by atoms with E-state index in [0.717, 1.165) is 26.1 Å². The summed E-state index contributed by atoms with van der Waals surface area (Å²) in [5.41, 5.74) is 4.29. The molecule has 2 aromatic rings. The Morgan fingerprint density at radius 2 is 2.05 bits per heavy atom. The molecule has 3 heterocycles. The number of nitrogens with one attached hydrogen (secondary N) is 1. The molecular weight excluding hydrogens is 246 g/mol. The fourth-order valence-corrected chi connectivity index (χ4v) is 3.45. The third kappa shape index (κ3) is 2.07. The second kappa shape index (κ2) is 5.08. The van der Waals surface area contributed by atoms with Crippen LogP contribution in [-0.2, 0) is 13.0 Å².